The lowest BCUT2D eigenvalue weighted by Gasteiger charge is -2.17. The number of nitrogens with two attached hydrogens (primary N) is 1. The third-order valence-electron chi connectivity index (χ3n) is 3.38. The molecular formula is C16H18BrFN2. The Bertz CT molecular complexity index is 586. The Hall–Kier alpha value is -1.23. The Kier molecular flexibility index (Phi) is 5.29. The van der Waals surface area contributed by atoms with Gasteiger partial charge in [-0.1, -0.05) is 34.1 Å². The van der Waals surface area contributed by atoms with Crippen molar-refractivity contribution in [3.8, 4) is 0 Å². The normalized spacial score (nSPS) is 12.4. The van der Waals surface area contributed by atoms with Gasteiger partial charge in [-0.3, -0.25) is 11.3 Å². The van der Waals surface area contributed by atoms with Crippen LogP contribution in [0.3, 0.4) is 0 Å². The largest absolute Gasteiger partial charge is 0.271 e. The van der Waals surface area contributed by atoms with Crippen molar-refractivity contribution < 1.29 is 4.39 Å². The first-order valence-electron chi connectivity index (χ1n) is 6.54. The zero-order chi connectivity index (χ0) is 14.5. The van der Waals surface area contributed by atoms with Crippen molar-refractivity contribution in [2.75, 3.05) is 0 Å². The standard InChI is InChI=1S/C16H18BrFN2/c1-11-5-6-15(18)9-13(11)10-16(20-19)8-12-3-2-4-14(17)7-12/h2-7,9,16,20H,8,10,19H2,1H3. The number of hydrazine groups is 1. The second kappa shape index (κ2) is 6.97. The fraction of sp³-hybridized carbons (Fsp3) is 0.250. The van der Waals surface area contributed by atoms with E-state index in [-0.39, 0.29) is 11.9 Å². The number of hydrogen-bond acceptors (Lipinski definition) is 2. The quantitative estimate of drug-likeness (QED) is 0.647. The maximum atomic E-state index is 13.3. The van der Waals surface area contributed by atoms with Gasteiger partial charge >= 0.3 is 0 Å². The lowest BCUT2D eigenvalue weighted by atomic mass is 9.97. The van der Waals surface area contributed by atoms with Crippen molar-refractivity contribution in [3.63, 3.8) is 0 Å². The second-order valence-electron chi connectivity index (χ2n) is 4.97. The van der Waals surface area contributed by atoms with Crippen LogP contribution >= 0.6 is 15.9 Å². The van der Waals surface area contributed by atoms with E-state index in [2.05, 4.69) is 33.5 Å². The number of benzene rings is 2. The van der Waals surface area contributed by atoms with Gasteiger partial charge in [-0.2, -0.15) is 0 Å². The highest BCUT2D eigenvalue weighted by Crippen LogP contribution is 2.16. The van der Waals surface area contributed by atoms with E-state index in [9.17, 15) is 4.39 Å². The number of hydrogen-bond donors (Lipinski definition) is 2. The van der Waals surface area contributed by atoms with Crippen molar-refractivity contribution in [1.29, 1.82) is 0 Å². The SMILES string of the molecule is Cc1ccc(F)cc1CC(Cc1cccc(Br)c1)NN. The van der Waals surface area contributed by atoms with E-state index in [1.807, 2.05) is 19.1 Å². The van der Waals surface area contributed by atoms with E-state index in [0.717, 1.165) is 22.0 Å². The lowest BCUT2D eigenvalue weighted by molar-refractivity contribution is 0.519. The molecule has 0 bridgehead atoms. The summed E-state index contributed by atoms with van der Waals surface area (Å²) >= 11 is 3.46. The highest BCUT2D eigenvalue weighted by molar-refractivity contribution is 9.10. The van der Waals surface area contributed by atoms with Crippen molar-refractivity contribution in [1.82, 2.24) is 5.43 Å². The van der Waals surface area contributed by atoms with Gasteiger partial charge in [0.05, 0.1) is 0 Å². The van der Waals surface area contributed by atoms with Crippen LogP contribution in [0, 0.1) is 12.7 Å². The van der Waals surface area contributed by atoms with E-state index in [0.29, 0.717) is 6.42 Å². The third kappa shape index (κ3) is 4.13. The summed E-state index contributed by atoms with van der Waals surface area (Å²) in [6, 6.07) is 13.1. The van der Waals surface area contributed by atoms with Gasteiger partial charge in [0.1, 0.15) is 5.82 Å². The smallest absolute Gasteiger partial charge is 0.123 e. The van der Waals surface area contributed by atoms with Crippen LogP contribution in [0.25, 0.3) is 0 Å². The zero-order valence-electron chi connectivity index (χ0n) is 11.4. The topological polar surface area (TPSA) is 38.0 Å². The predicted octanol–water partition coefficient (Wildman–Crippen LogP) is 3.51. The Labute approximate surface area is 127 Å². The zero-order valence-corrected chi connectivity index (χ0v) is 13.0. The van der Waals surface area contributed by atoms with E-state index in [1.165, 1.54) is 11.6 Å². The summed E-state index contributed by atoms with van der Waals surface area (Å²) in [6.45, 7) is 1.99. The summed E-state index contributed by atoms with van der Waals surface area (Å²) in [5.74, 6) is 5.43. The maximum Gasteiger partial charge on any atom is 0.123 e. The molecular weight excluding hydrogens is 319 g/mol. The van der Waals surface area contributed by atoms with Crippen LogP contribution in [0.1, 0.15) is 16.7 Å². The molecule has 0 aliphatic carbocycles. The fourth-order valence-electron chi connectivity index (χ4n) is 2.26. The second-order valence-corrected chi connectivity index (χ2v) is 5.89. The molecule has 0 spiro atoms. The molecule has 2 aromatic carbocycles. The molecule has 0 amide bonds. The first-order valence-corrected chi connectivity index (χ1v) is 7.33. The van der Waals surface area contributed by atoms with Crippen molar-refractivity contribution in [2.24, 2.45) is 5.84 Å². The Morgan fingerprint density at radius 1 is 1.20 bits per heavy atom. The average Bonchev–Trinajstić information content (AvgIpc) is 2.42. The molecule has 0 saturated carbocycles. The molecule has 0 aliphatic rings. The van der Waals surface area contributed by atoms with Crippen LogP contribution in [0.5, 0.6) is 0 Å². The molecule has 0 heterocycles. The molecule has 0 saturated heterocycles. The summed E-state index contributed by atoms with van der Waals surface area (Å²) in [5, 5.41) is 0. The first kappa shape index (κ1) is 15.2. The molecule has 0 radical (unpaired) electrons. The van der Waals surface area contributed by atoms with Gasteiger partial charge in [-0.15, -0.1) is 0 Å². The highest BCUT2D eigenvalue weighted by atomic mass is 79.9. The van der Waals surface area contributed by atoms with Gasteiger partial charge < -0.3 is 0 Å². The number of halogens is 2. The average molecular weight is 337 g/mol. The molecule has 1 atom stereocenters. The molecule has 106 valence electrons. The van der Waals surface area contributed by atoms with Gasteiger partial charge in [0.2, 0.25) is 0 Å². The molecule has 20 heavy (non-hydrogen) atoms. The highest BCUT2D eigenvalue weighted by Gasteiger charge is 2.11. The number of aryl methyl sites for hydroxylation is 1. The van der Waals surface area contributed by atoms with Crippen LogP contribution < -0.4 is 11.3 Å². The van der Waals surface area contributed by atoms with Gasteiger partial charge in [-0.05, 0) is 60.7 Å². The molecule has 1 unspecified atom stereocenters. The number of rotatable bonds is 5. The summed E-state index contributed by atoms with van der Waals surface area (Å²) in [4.78, 5) is 0. The van der Waals surface area contributed by atoms with Gasteiger partial charge in [0.25, 0.3) is 0 Å². The molecule has 4 heteroatoms. The van der Waals surface area contributed by atoms with E-state index < -0.39 is 0 Å². The van der Waals surface area contributed by atoms with Crippen LogP contribution in [-0.2, 0) is 12.8 Å². The molecule has 2 aromatic rings. The minimum absolute atomic E-state index is 0.0739. The van der Waals surface area contributed by atoms with E-state index >= 15 is 0 Å². The maximum absolute atomic E-state index is 13.3. The predicted molar refractivity (Wildman–Crippen MR) is 83.8 cm³/mol. The monoisotopic (exact) mass is 336 g/mol. The molecule has 0 aliphatic heterocycles. The molecule has 0 fully saturated rings. The fourth-order valence-corrected chi connectivity index (χ4v) is 2.71. The molecule has 0 aromatic heterocycles. The van der Waals surface area contributed by atoms with Crippen molar-refractivity contribution >= 4 is 15.9 Å². The van der Waals surface area contributed by atoms with Crippen LogP contribution in [0.2, 0.25) is 0 Å². The van der Waals surface area contributed by atoms with Crippen molar-refractivity contribution in [2.45, 2.75) is 25.8 Å². The molecule has 2 nitrogen and oxygen atoms in total. The Morgan fingerprint density at radius 2 is 2.00 bits per heavy atom. The summed E-state index contributed by atoms with van der Waals surface area (Å²) in [5.41, 5.74) is 6.09. The third-order valence-corrected chi connectivity index (χ3v) is 3.88. The summed E-state index contributed by atoms with van der Waals surface area (Å²) in [6.07, 6.45) is 1.50. The summed E-state index contributed by atoms with van der Waals surface area (Å²) in [7, 11) is 0. The minimum atomic E-state index is -0.205. The Morgan fingerprint density at radius 3 is 2.70 bits per heavy atom. The van der Waals surface area contributed by atoms with Gasteiger partial charge in [0.15, 0.2) is 0 Å². The van der Waals surface area contributed by atoms with Crippen LogP contribution in [0.15, 0.2) is 46.9 Å². The van der Waals surface area contributed by atoms with Crippen molar-refractivity contribution in [3.05, 3.63) is 69.4 Å². The van der Waals surface area contributed by atoms with Gasteiger partial charge in [-0.25, -0.2) is 4.39 Å². The van der Waals surface area contributed by atoms with Crippen LogP contribution in [-0.4, -0.2) is 6.04 Å². The molecule has 3 N–H and O–H groups in total. The lowest BCUT2D eigenvalue weighted by Crippen LogP contribution is -2.38. The van der Waals surface area contributed by atoms with Gasteiger partial charge in [0, 0.05) is 10.5 Å². The number of nitrogens with one attached hydrogen (secondary N) is 1. The summed E-state index contributed by atoms with van der Waals surface area (Å²) < 4.78 is 14.4. The van der Waals surface area contributed by atoms with Crippen LogP contribution in [0.4, 0.5) is 4.39 Å². The first-order chi connectivity index (χ1) is 9.58. The molecule has 2 rings (SSSR count). The van der Waals surface area contributed by atoms with E-state index in [4.69, 9.17) is 5.84 Å². The van der Waals surface area contributed by atoms with E-state index in [1.54, 1.807) is 12.1 Å². The minimum Gasteiger partial charge on any atom is -0.271 e. The Balaban J connectivity index is 2.11.